The molecule has 0 radical (unpaired) electrons. The summed E-state index contributed by atoms with van der Waals surface area (Å²) >= 11 is 13.6. The second-order valence-corrected chi connectivity index (χ2v) is 7.41. The van der Waals surface area contributed by atoms with Crippen molar-refractivity contribution in [1.82, 2.24) is 19.9 Å². The van der Waals surface area contributed by atoms with Crippen LogP contribution >= 0.6 is 35.0 Å². The minimum atomic E-state index is -0.502. The zero-order valence-corrected chi connectivity index (χ0v) is 17.8. The van der Waals surface area contributed by atoms with Gasteiger partial charge in [-0.3, -0.25) is 0 Å². The van der Waals surface area contributed by atoms with E-state index >= 15 is 0 Å². The number of aromatic nitrogens is 4. The summed E-state index contributed by atoms with van der Waals surface area (Å²) in [6.45, 7) is 1.80. The molecule has 3 N–H and O–H groups in total. The van der Waals surface area contributed by atoms with Crippen LogP contribution in [-0.2, 0) is 4.74 Å². The van der Waals surface area contributed by atoms with Crippen LogP contribution in [0, 0.1) is 11.3 Å². The molecule has 12 heteroatoms. The van der Waals surface area contributed by atoms with Crippen molar-refractivity contribution in [2.45, 2.75) is 17.1 Å². The van der Waals surface area contributed by atoms with Gasteiger partial charge in [0.15, 0.2) is 11.8 Å². The van der Waals surface area contributed by atoms with Crippen LogP contribution in [0.5, 0.6) is 5.75 Å². The lowest BCUT2D eigenvalue weighted by Crippen LogP contribution is -2.04. The van der Waals surface area contributed by atoms with E-state index in [9.17, 15) is 4.79 Å². The number of aromatic amines is 1. The van der Waals surface area contributed by atoms with Crippen LogP contribution in [0.3, 0.4) is 0 Å². The summed E-state index contributed by atoms with van der Waals surface area (Å²) < 4.78 is 10.2. The average Bonchev–Trinajstić information content (AvgIpc) is 3.15. The Labute approximate surface area is 185 Å². The van der Waals surface area contributed by atoms with Gasteiger partial charge in [0, 0.05) is 5.56 Å². The van der Waals surface area contributed by atoms with Crippen LogP contribution in [0.25, 0.3) is 11.3 Å². The summed E-state index contributed by atoms with van der Waals surface area (Å²) in [5, 5.41) is 10.2. The van der Waals surface area contributed by atoms with E-state index in [0.29, 0.717) is 26.5 Å². The number of esters is 1. The number of H-pyrrole nitrogens is 1. The highest BCUT2D eigenvalue weighted by Gasteiger charge is 2.16. The second-order valence-electron chi connectivity index (χ2n) is 5.58. The van der Waals surface area contributed by atoms with Crippen molar-refractivity contribution >= 4 is 46.9 Å². The number of benzene rings is 1. The molecule has 2 heterocycles. The van der Waals surface area contributed by atoms with Crippen LogP contribution in [0.2, 0.25) is 10.0 Å². The smallest absolute Gasteiger partial charge is 0.356 e. The summed E-state index contributed by atoms with van der Waals surface area (Å²) in [6.07, 6.45) is 1.38. The summed E-state index contributed by atoms with van der Waals surface area (Å²) in [4.78, 5) is 27.2. The predicted octanol–water partition coefficient (Wildman–Crippen LogP) is 3.99. The fourth-order valence-corrected chi connectivity index (χ4v) is 3.65. The average molecular weight is 465 g/mol. The number of ether oxygens (including phenoxy) is 2. The largest absolute Gasteiger partial charge is 0.477 e. The molecule has 30 heavy (non-hydrogen) atoms. The Morgan fingerprint density at radius 3 is 2.83 bits per heavy atom. The van der Waals surface area contributed by atoms with E-state index in [2.05, 4.69) is 19.9 Å². The number of carbonyl (C=O) groups excluding carboxylic acids is 1. The van der Waals surface area contributed by atoms with Crippen LogP contribution in [-0.4, -0.2) is 39.1 Å². The van der Waals surface area contributed by atoms with Gasteiger partial charge in [-0.1, -0.05) is 23.2 Å². The van der Waals surface area contributed by atoms with Crippen molar-refractivity contribution in [2.75, 3.05) is 18.9 Å². The number of halogens is 2. The van der Waals surface area contributed by atoms with Gasteiger partial charge < -0.3 is 20.2 Å². The molecular formula is C18H14Cl2N6O3S. The molecule has 0 amide bonds. The second kappa shape index (κ2) is 9.67. The highest BCUT2D eigenvalue weighted by atomic mass is 35.5. The Hall–Kier alpha value is -3.00. The minimum Gasteiger partial charge on any atom is -0.477 e. The Morgan fingerprint density at radius 1 is 1.30 bits per heavy atom. The number of nitrogens with one attached hydrogen (secondary N) is 1. The summed E-state index contributed by atoms with van der Waals surface area (Å²) in [5.74, 6) is -0.204. The maximum atomic E-state index is 11.8. The number of carbonyl (C=O) groups is 1. The number of nitrogen functional groups attached to an aromatic ring is 1. The van der Waals surface area contributed by atoms with E-state index < -0.39 is 5.97 Å². The first-order valence-electron chi connectivity index (χ1n) is 8.45. The fourth-order valence-electron chi connectivity index (χ4n) is 2.35. The molecule has 0 aliphatic heterocycles. The molecule has 0 aliphatic rings. The maximum absolute atomic E-state index is 11.8. The summed E-state index contributed by atoms with van der Waals surface area (Å²) in [5.41, 5.74) is 7.00. The normalized spacial score (nSPS) is 10.5. The van der Waals surface area contributed by atoms with Crippen molar-refractivity contribution in [1.29, 1.82) is 5.26 Å². The van der Waals surface area contributed by atoms with Crippen molar-refractivity contribution in [3.05, 3.63) is 40.1 Å². The molecule has 2 aromatic heterocycles. The molecule has 3 rings (SSSR count). The van der Waals surface area contributed by atoms with Crippen LogP contribution in [0.1, 0.15) is 17.4 Å². The molecule has 0 saturated carbocycles. The molecule has 0 bridgehead atoms. The summed E-state index contributed by atoms with van der Waals surface area (Å²) in [7, 11) is 0. The van der Waals surface area contributed by atoms with Crippen LogP contribution < -0.4 is 10.5 Å². The first-order chi connectivity index (χ1) is 14.4. The zero-order chi connectivity index (χ0) is 21.7. The number of hydrogen-bond donors (Lipinski definition) is 2. The number of nitrogens with two attached hydrogens (primary N) is 1. The SMILES string of the molecule is CCOC(=O)c1cnc(Sc2cc(-c3cc(OCC#N)c(Cl)cc3Cl)nc(N)n2)[nH]1. The number of nitriles is 1. The molecule has 1 aromatic carbocycles. The standard InChI is InChI=1S/C18H14Cl2N6O3S/c1-2-28-16(27)13-8-23-18(25-13)30-15-7-12(24-17(22)26-15)9-5-14(29-4-3-21)11(20)6-10(9)19/h5-8H,2,4H2,1H3,(H,23,25)(H2,22,24,26). The molecular weight excluding hydrogens is 451 g/mol. The molecule has 3 aromatic rings. The Bertz CT molecular complexity index is 1130. The van der Waals surface area contributed by atoms with Crippen LogP contribution in [0.15, 0.2) is 34.6 Å². The Kier molecular flexibility index (Phi) is 6.99. The Balaban J connectivity index is 1.91. The molecule has 0 spiro atoms. The quantitative estimate of drug-likeness (QED) is 0.392. The first kappa shape index (κ1) is 21.7. The lowest BCUT2D eigenvalue weighted by molar-refractivity contribution is 0.0519. The topological polar surface area (TPSA) is 140 Å². The third-order valence-corrected chi connectivity index (χ3v) is 4.99. The molecule has 0 fully saturated rings. The third kappa shape index (κ3) is 5.13. The summed E-state index contributed by atoms with van der Waals surface area (Å²) in [6, 6.07) is 6.59. The van der Waals surface area contributed by atoms with Crippen molar-refractivity contribution in [3.63, 3.8) is 0 Å². The maximum Gasteiger partial charge on any atom is 0.356 e. The number of anilines is 1. The van der Waals surface area contributed by atoms with Gasteiger partial charge in [0.2, 0.25) is 5.95 Å². The van der Waals surface area contributed by atoms with Gasteiger partial charge in [0.25, 0.3) is 0 Å². The molecule has 0 atom stereocenters. The van der Waals surface area contributed by atoms with E-state index in [4.69, 9.17) is 43.7 Å². The van der Waals surface area contributed by atoms with Gasteiger partial charge in [-0.2, -0.15) is 5.26 Å². The number of rotatable bonds is 7. The third-order valence-electron chi connectivity index (χ3n) is 3.56. The predicted molar refractivity (Wildman–Crippen MR) is 112 cm³/mol. The monoisotopic (exact) mass is 464 g/mol. The molecule has 154 valence electrons. The highest BCUT2D eigenvalue weighted by Crippen LogP contribution is 2.37. The van der Waals surface area contributed by atoms with Gasteiger partial charge in [0.1, 0.15) is 22.5 Å². The van der Waals surface area contributed by atoms with Gasteiger partial charge >= 0.3 is 5.97 Å². The first-order valence-corrected chi connectivity index (χ1v) is 10.0. The van der Waals surface area contributed by atoms with Gasteiger partial charge in [0.05, 0.1) is 28.5 Å². The van der Waals surface area contributed by atoms with Crippen molar-refractivity contribution in [3.8, 4) is 23.1 Å². The molecule has 0 unspecified atom stereocenters. The van der Waals surface area contributed by atoms with E-state index in [1.54, 1.807) is 19.1 Å². The van der Waals surface area contributed by atoms with Crippen LogP contribution in [0.4, 0.5) is 5.95 Å². The number of hydrogen-bond acceptors (Lipinski definition) is 9. The number of nitrogens with zero attached hydrogens (tertiary/aromatic N) is 4. The van der Waals surface area contributed by atoms with Gasteiger partial charge in [-0.15, -0.1) is 0 Å². The number of imidazole rings is 1. The van der Waals surface area contributed by atoms with E-state index in [0.717, 1.165) is 11.8 Å². The van der Waals surface area contributed by atoms with E-state index in [1.165, 1.54) is 12.3 Å². The fraction of sp³-hybridized carbons (Fsp3) is 0.167. The highest BCUT2D eigenvalue weighted by molar-refractivity contribution is 7.99. The lowest BCUT2D eigenvalue weighted by atomic mass is 10.1. The molecule has 9 nitrogen and oxygen atoms in total. The van der Waals surface area contributed by atoms with Gasteiger partial charge in [-0.05, 0) is 36.9 Å². The molecule has 0 aliphatic carbocycles. The lowest BCUT2D eigenvalue weighted by Gasteiger charge is -2.11. The van der Waals surface area contributed by atoms with Crippen molar-refractivity contribution in [2.24, 2.45) is 0 Å². The molecule has 0 saturated heterocycles. The van der Waals surface area contributed by atoms with E-state index in [-0.39, 0.29) is 35.6 Å². The van der Waals surface area contributed by atoms with Gasteiger partial charge in [-0.25, -0.2) is 19.7 Å². The van der Waals surface area contributed by atoms with E-state index in [1.807, 2.05) is 6.07 Å². The Morgan fingerprint density at radius 2 is 2.10 bits per heavy atom. The zero-order valence-electron chi connectivity index (χ0n) is 15.5. The van der Waals surface area contributed by atoms with Crippen molar-refractivity contribution < 1.29 is 14.3 Å². The minimum absolute atomic E-state index is 0.0117.